The lowest BCUT2D eigenvalue weighted by Gasteiger charge is -2.31. The molecule has 0 aliphatic carbocycles. The highest BCUT2D eigenvalue weighted by atomic mass is 32.1. The average Bonchev–Trinajstić information content (AvgIpc) is 3.21. The van der Waals surface area contributed by atoms with E-state index in [0.29, 0.717) is 44.9 Å². The van der Waals surface area contributed by atoms with Crippen LogP contribution in [0.4, 0.5) is 4.79 Å². The van der Waals surface area contributed by atoms with Gasteiger partial charge in [-0.2, -0.15) is 0 Å². The number of urea groups is 1. The maximum atomic E-state index is 12.5. The summed E-state index contributed by atoms with van der Waals surface area (Å²) >= 11 is 1.59. The van der Waals surface area contributed by atoms with Crippen LogP contribution in [0.3, 0.4) is 0 Å². The quantitative estimate of drug-likeness (QED) is 0.722. The van der Waals surface area contributed by atoms with Gasteiger partial charge in [0.2, 0.25) is 5.91 Å². The summed E-state index contributed by atoms with van der Waals surface area (Å²) in [4.78, 5) is 31.1. The molecule has 1 saturated heterocycles. The Morgan fingerprint density at radius 3 is 2.59 bits per heavy atom. The fourth-order valence-electron chi connectivity index (χ4n) is 3.35. The van der Waals surface area contributed by atoms with Crippen molar-refractivity contribution in [1.82, 2.24) is 20.5 Å². The maximum Gasteiger partial charge on any atom is 0.317 e. The molecule has 2 aromatic rings. The van der Waals surface area contributed by atoms with Gasteiger partial charge in [-0.25, -0.2) is 9.78 Å². The van der Waals surface area contributed by atoms with Crippen LogP contribution in [-0.4, -0.2) is 41.5 Å². The number of hydrogen-bond donors (Lipinski definition) is 2. The van der Waals surface area contributed by atoms with E-state index in [0.717, 1.165) is 22.7 Å². The van der Waals surface area contributed by atoms with E-state index in [1.807, 2.05) is 40.6 Å². The van der Waals surface area contributed by atoms with Crippen molar-refractivity contribution in [3.63, 3.8) is 0 Å². The van der Waals surface area contributed by atoms with E-state index in [4.69, 9.17) is 0 Å². The molecule has 1 aromatic carbocycles. The lowest BCUT2D eigenvalue weighted by atomic mass is 9.96. The number of carbonyl (C=O) groups is 2. The van der Waals surface area contributed by atoms with Crippen molar-refractivity contribution in [1.29, 1.82) is 0 Å². The molecule has 0 unspecified atom stereocenters. The van der Waals surface area contributed by atoms with Crippen molar-refractivity contribution in [3.05, 3.63) is 41.4 Å². The van der Waals surface area contributed by atoms with Crippen LogP contribution in [0.2, 0.25) is 0 Å². The predicted octanol–water partition coefficient (Wildman–Crippen LogP) is 3.89. The normalized spacial score (nSPS) is 14.8. The van der Waals surface area contributed by atoms with E-state index < -0.39 is 0 Å². The molecule has 3 amide bonds. The summed E-state index contributed by atoms with van der Waals surface area (Å²) < 4.78 is 0. The average molecular weight is 415 g/mol. The molecular weight excluding hydrogens is 384 g/mol. The summed E-state index contributed by atoms with van der Waals surface area (Å²) in [5.74, 6) is 0.590. The van der Waals surface area contributed by atoms with E-state index in [1.54, 1.807) is 11.3 Å². The highest BCUT2D eigenvalue weighted by Crippen LogP contribution is 2.23. The van der Waals surface area contributed by atoms with E-state index in [1.165, 1.54) is 0 Å². The Morgan fingerprint density at radius 2 is 1.90 bits per heavy atom. The molecule has 1 fully saturated rings. The number of nitrogens with zero attached hydrogens (tertiary/aromatic N) is 2. The third kappa shape index (κ3) is 6.29. The fourth-order valence-corrected chi connectivity index (χ4v) is 4.17. The van der Waals surface area contributed by atoms with Crippen LogP contribution in [-0.2, 0) is 11.3 Å². The lowest BCUT2D eigenvalue weighted by Crippen LogP contribution is -2.47. The Kier molecular flexibility index (Phi) is 7.63. The van der Waals surface area contributed by atoms with Crippen LogP contribution >= 0.6 is 11.3 Å². The van der Waals surface area contributed by atoms with Gasteiger partial charge in [-0.3, -0.25) is 4.79 Å². The first-order chi connectivity index (χ1) is 14.0. The van der Waals surface area contributed by atoms with Crippen LogP contribution in [0.5, 0.6) is 0 Å². The number of thiazole rings is 1. The van der Waals surface area contributed by atoms with Crippen LogP contribution in [0.25, 0.3) is 10.6 Å². The SMILES string of the molecule is CC(C)CCNC(=O)N1CCC(C(=O)NCc2csc(-c3ccccc3)n2)CC1. The predicted molar refractivity (Wildman–Crippen MR) is 117 cm³/mol. The van der Waals surface area contributed by atoms with Gasteiger partial charge >= 0.3 is 6.03 Å². The van der Waals surface area contributed by atoms with Crippen molar-refractivity contribution < 1.29 is 9.59 Å². The van der Waals surface area contributed by atoms with Crippen molar-refractivity contribution in [2.24, 2.45) is 11.8 Å². The summed E-state index contributed by atoms with van der Waals surface area (Å²) in [5, 5.41) is 8.94. The Bertz CT molecular complexity index is 798. The molecule has 3 rings (SSSR count). The van der Waals surface area contributed by atoms with Gasteiger partial charge in [0.25, 0.3) is 0 Å². The third-order valence-corrected chi connectivity index (χ3v) is 6.11. The monoisotopic (exact) mass is 414 g/mol. The molecule has 6 nitrogen and oxygen atoms in total. The minimum Gasteiger partial charge on any atom is -0.350 e. The Morgan fingerprint density at radius 1 is 1.17 bits per heavy atom. The van der Waals surface area contributed by atoms with Gasteiger partial charge in [-0.15, -0.1) is 11.3 Å². The molecule has 0 saturated carbocycles. The van der Waals surface area contributed by atoms with Gasteiger partial charge in [-0.05, 0) is 25.2 Å². The molecule has 0 radical (unpaired) electrons. The first kappa shape index (κ1) is 21.3. The van der Waals surface area contributed by atoms with Gasteiger partial charge in [0, 0.05) is 36.5 Å². The number of benzene rings is 1. The van der Waals surface area contributed by atoms with Gasteiger partial charge in [0.05, 0.1) is 12.2 Å². The van der Waals surface area contributed by atoms with Crippen molar-refractivity contribution in [2.45, 2.75) is 39.7 Å². The number of rotatable bonds is 7. The molecule has 1 aromatic heterocycles. The molecule has 156 valence electrons. The number of hydrogen-bond acceptors (Lipinski definition) is 4. The smallest absolute Gasteiger partial charge is 0.317 e. The van der Waals surface area contributed by atoms with Crippen LogP contribution in [0.1, 0.15) is 38.8 Å². The van der Waals surface area contributed by atoms with Crippen LogP contribution in [0.15, 0.2) is 35.7 Å². The molecule has 0 spiro atoms. The number of piperidine rings is 1. The topological polar surface area (TPSA) is 74.3 Å². The summed E-state index contributed by atoms with van der Waals surface area (Å²) in [6, 6.07) is 10.0. The van der Waals surface area contributed by atoms with Crippen LogP contribution < -0.4 is 10.6 Å². The number of aromatic nitrogens is 1. The number of nitrogens with one attached hydrogen (secondary N) is 2. The number of likely N-dealkylation sites (tertiary alicyclic amines) is 1. The molecule has 7 heteroatoms. The molecule has 1 aliphatic rings. The van der Waals surface area contributed by atoms with Crippen molar-refractivity contribution in [2.75, 3.05) is 19.6 Å². The second kappa shape index (κ2) is 10.4. The highest BCUT2D eigenvalue weighted by molar-refractivity contribution is 7.13. The van der Waals surface area contributed by atoms with E-state index in [2.05, 4.69) is 29.5 Å². The molecule has 1 aliphatic heterocycles. The summed E-state index contributed by atoms with van der Waals surface area (Å²) in [6.45, 7) is 6.68. The van der Waals surface area contributed by atoms with E-state index in [-0.39, 0.29) is 17.9 Å². The minimum absolute atomic E-state index is 0.0135. The van der Waals surface area contributed by atoms with Gasteiger partial charge in [0.1, 0.15) is 5.01 Å². The van der Waals surface area contributed by atoms with E-state index in [9.17, 15) is 9.59 Å². The van der Waals surface area contributed by atoms with Gasteiger partial charge in [0.15, 0.2) is 0 Å². The summed E-state index contributed by atoms with van der Waals surface area (Å²) in [5.41, 5.74) is 1.97. The Labute approximate surface area is 176 Å². The standard InChI is InChI=1S/C22H30N4O2S/c1-16(2)8-11-23-22(28)26-12-9-17(10-13-26)20(27)24-14-19-15-29-21(25-19)18-6-4-3-5-7-18/h3-7,15-17H,8-14H2,1-2H3,(H,23,28)(H,24,27). The highest BCUT2D eigenvalue weighted by Gasteiger charge is 2.27. The minimum atomic E-state index is -0.0399. The van der Waals surface area contributed by atoms with Crippen molar-refractivity contribution in [3.8, 4) is 10.6 Å². The van der Waals surface area contributed by atoms with Crippen molar-refractivity contribution >= 4 is 23.3 Å². The lowest BCUT2D eigenvalue weighted by molar-refractivity contribution is -0.126. The Balaban J connectivity index is 1.40. The van der Waals surface area contributed by atoms with E-state index >= 15 is 0 Å². The largest absolute Gasteiger partial charge is 0.350 e. The maximum absolute atomic E-state index is 12.5. The molecule has 0 bridgehead atoms. The summed E-state index contributed by atoms with van der Waals surface area (Å²) in [7, 11) is 0. The zero-order valence-electron chi connectivity index (χ0n) is 17.2. The number of amides is 3. The second-order valence-corrected chi connectivity index (χ2v) is 8.76. The first-order valence-corrected chi connectivity index (χ1v) is 11.2. The molecule has 2 N–H and O–H groups in total. The molecular formula is C22H30N4O2S. The molecule has 29 heavy (non-hydrogen) atoms. The van der Waals surface area contributed by atoms with Gasteiger partial charge < -0.3 is 15.5 Å². The second-order valence-electron chi connectivity index (χ2n) is 7.90. The zero-order chi connectivity index (χ0) is 20.6. The summed E-state index contributed by atoms with van der Waals surface area (Å²) in [6.07, 6.45) is 2.39. The van der Waals surface area contributed by atoms with Crippen LogP contribution in [0, 0.1) is 11.8 Å². The third-order valence-electron chi connectivity index (χ3n) is 5.17. The fraction of sp³-hybridized carbons (Fsp3) is 0.500. The Hall–Kier alpha value is -2.41. The number of carbonyl (C=O) groups excluding carboxylic acids is 2. The van der Waals surface area contributed by atoms with Gasteiger partial charge in [-0.1, -0.05) is 44.2 Å². The molecule has 0 atom stereocenters. The molecule has 2 heterocycles. The zero-order valence-corrected chi connectivity index (χ0v) is 18.0. The first-order valence-electron chi connectivity index (χ1n) is 10.3.